The molecule has 0 aliphatic heterocycles. The standard InChI is InChI=1S/C13H27O.2O.V/c1-2-3-4-5-6-7-8-9-10-11-12-13-14;;;/h2-13H2,1H3;;;/q-1;;;+1. The molecule has 0 saturated carbocycles. The first-order chi connectivity index (χ1) is 8.27. The van der Waals surface area contributed by atoms with Gasteiger partial charge in [0.1, 0.15) is 0 Å². The molecule has 0 radical (unpaired) electrons. The van der Waals surface area contributed by atoms with Crippen molar-refractivity contribution >= 4 is 0 Å². The Labute approximate surface area is 111 Å². The molecule has 0 aromatic heterocycles. The number of unbranched alkanes of at least 4 members (excludes halogenated alkanes) is 10. The summed E-state index contributed by atoms with van der Waals surface area (Å²) in [7, 11) is 0. The van der Waals surface area contributed by atoms with Crippen molar-refractivity contribution in [2.24, 2.45) is 0 Å². The van der Waals surface area contributed by atoms with Crippen molar-refractivity contribution < 1.29 is 26.4 Å². The van der Waals surface area contributed by atoms with E-state index in [-0.39, 0.29) is 0 Å². The second kappa shape index (κ2) is 14.2. The molecule has 0 aromatic rings. The second-order valence-corrected chi connectivity index (χ2v) is 5.69. The van der Waals surface area contributed by atoms with E-state index in [9.17, 15) is 7.35 Å². The van der Waals surface area contributed by atoms with Gasteiger partial charge in [0, 0.05) is 0 Å². The molecule has 0 aliphatic rings. The molecule has 0 atom stereocenters. The van der Waals surface area contributed by atoms with Gasteiger partial charge in [0.05, 0.1) is 0 Å². The summed E-state index contributed by atoms with van der Waals surface area (Å²) >= 11 is -3.31. The molecule has 0 bridgehead atoms. The van der Waals surface area contributed by atoms with Crippen LogP contribution >= 0.6 is 0 Å². The molecular weight excluding hydrogens is 255 g/mol. The fourth-order valence-corrected chi connectivity index (χ4v) is 2.34. The Kier molecular flexibility index (Phi) is 14.3. The number of hydrogen-bond donors (Lipinski definition) is 0. The molecule has 0 N–H and O–H groups in total. The first-order valence-corrected chi connectivity index (χ1v) is 8.75. The molecule has 0 amide bonds. The third-order valence-corrected chi connectivity index (χ3v) is 3.56. The number of hydrogen-bond acceptors (Lipinski definition) is 3. The van der Waals surface area contributed by atoms with Crippen molar-refractivity contribution in [3.8, 4) is 0 Å². The van der Waals surface area contributed by atoms with Gasteiger partial charge >= 0.3 is 97.2 Å². The van der Waals surface area contributed by atoms with E-state index in [1.54, 1.807) is 0 Å². The van der Waals surface area contributed by atoms with Gasteiger partial charge in [-0.15, -0.1) is 0 Å². The fraction of sp³-hybridized carbons (Fsp3) is 1.00. The van der Waals surface area contributed by atoms with Crippen molar-refractivity contribution in [1.82, 2.24) is 0 Å². The average Bonchev–Trinajstić information content (AvgIpc) is 2.30. The SMILES string of the molecule is CCCCCCCCCCCCC[O][V](=[O])=[O]. The van der Waals surface area contributed by atoms with Gasteiger partial charge in [-0.1, -0.05) is 13.3 Å². The molecule has 0 aliphatic carbocycles. The molecule has 0 unspecified atom stereocenters. The Morgan fingerprint density at radius 1 is 0.706 bits per heavy atom. The zero-order valence-corrected chi connectivity index (χ0v) is 12.6. The summed E-state index contributed by atoms with van der Waals surface area (Å²) in [5, 5.41) is 0. The summed E-state index contributed by atoms with van der Waals surface area (Å²) in [6, 6.07) is 0. The van der Waals surface area contributed by atoms with Gasteiger partial charge in [-0.2, -0.15) is 0 Å². The Bertz CT molecular complexity index is 207. The monoisotopic (exact) mass is 282 g/mol. The topological polar surface area (TPSA) is 43.4 Å². The molecule has 17 heavy (non-hydrogen) atoms. The van der Waals surface area contributed by atoms with Crippen LogP contribution in [0.1, 0.15) is 77.6 Å². The first kappa shape index (κ1) is 17.1. The number of rotatable bonds is 13. The molecule has 0 fully saturated rings. The van der Waals surface area contributed by atoms with Crippen LogP contribution < -0.4 is 0 Å². The molecular formula is C13H27O3V. The summed E-state index contributed by atoms with van der Waals surface area (Å²) in [6.45, 7) is 2.64. The molecule has 4 heteroatoms. The second-order valence-electron chi connectivity index (χ2n) is 4.59. The molecule has 0 heterocycles. The van der Waals surface area contributed by atoms with Crippen molar-refractivity contribution in [1.29, 1.82) is 0 Å². The third kappa shape index (κ3) is 16.1. The molecule has 0 rings (SSSR count). The van der Waals surface area contributed by atoms with Gasteiger partial charge in [-0.05, 0) is 0 Å². The van der Waals surface area contributed by atoms with Crippen LogP contribution in [-0.2, 0) is 26.4 Å². The minimum atomic E-state index is -3.31. The van der Waals surface area contributed by atoms with Gasteiger partial charge in [-0.3, -0.25) is 0 Å². The van der Waals surface area contributed by atoms with Crippen LogP contribution in [0.3, 0.4) is 0 Å². The maximum absolute atomic E-state index is 10.2. The third-order valence-electron chi connectivity index (χ3n) is 2.94. The van der Waals surface area contributed by atoms with Crippen LogP contribution in [-0.4, -0.2) is 6.61 Å². The van der Waals surface area contributed by atoms with Crippen LogP contribution in [0, 0.1) is 0 Å². The summed E-state index contributed by atoms with van der Waals surface area (Å²) in [6.07, 6.45) is 14.0. The maximum atomic E-state index is 10.2. The summed E-state index contributed by atoms with van der Waals surface area (Å²) < 4.78 is 24.9. The van der Waals surface area contributed by atoms with Crippen LogP contribution in [0.5, 0.6) is 0 Å². The van der Waals surface area contributed by atoms with Gasteiger partial charge in [0.25, 0.3) is 0 Å². The van der Waals surface area contributed by atoms with E-state index in [1.807, 2.05) is 0 Å². The van der Waals surface area contributed by atoms with Crippen LogP contribution in [0.2, 0.25) is 0 Å². The quantitative estimate of drug-likeness (QED) is 0.466. The molecule has 0 saturated heterocycles. The molecule has 102 valence electrons. The van der Waals surface area contributed by atoms with E-state index in [0.717, 1.165) is 12.8 Å². The van der Waals surface area contributed by atoms with E-state index in [2.05, 4.69) is 10.6 Å². The molecule has 3 nitrogen and oxygen atoms in total. The van der Waals surface area contributed by atoms with E-state index < -0.39 is 15.4 Å². The Balaban J connectivity index is 2.94. The van der Waals surface area contributed by atoms with E-state index in [0.29, 0.717) is 6.61 Å². The van der Waals surface area contributed by atoms with E-state index >= 15 is 0 Å². The average molecular weight is 282 g/mol. The van der Waals surface area contributed by atoms with E-state index in [4.69, 9.17) is 0 Å². The van der Waals surface area contributed by atoms with Crippen molar-refractivity contribution in [3.63, 3.8) is 0 Å². The zero-order chi connectivity index (χ0) is 12.8. The fourth-order valence-electron chi connectivity index (χ4n) is 1.91. The molecule has 0 aromatic carbocycles. The van der Waals surface area contributed by atoms with Gasteiger partial charge in [-0.25, -0.2) is 0 Å². The van der Waals surface area contributed by atoms with Gasteiger partial charge in [0.2, 0.25) is 0 Å². The first-order valence-electron chi connectivity index (χ1n) is 7.04. The predicted molar refractivity (Wildman–Crippen MR) is 63.8 cm³/mol. The van der Waals surface area contributed by atoms with Crippen LogP contribution in [0.4, 0.5) is 0 Å². The summed E-state index contributed by atoms with van der Waals surface area (Å²) in [4.78, 5) is 0. The Hall–Kier alpha value is 0.144. The van der Waals surface area contributed by atoms with Crippen molar-refractivity contribution in [2.75, 3.05) is 6.61 Å². The van der Waals surface area contributed by atoms with Gasteiger partial charge in [0.15, 0.2) is 0 Å². The molecule has 0 spiro atoms. The van der Waals surface area contributed by atoms with Crippen LogP contribution in [0.15, 0.2) is 0 Å². The Morgan fingerprint density at radius 3 is 1.53 bits per heavy atom. The predicted octanol–water partition coefficient (Wildman–Crippen LogP) is 4.54. The minimum absolute atomic E-state index is 0.393. The summed E-state index contributed by atoms with van der Waals surface area (Å²) in [5.41, 5.74) is 0. The zero-order valence-electron chi connectivity index (χ0n) is 11.2. The van der Waals surface area contributed by atoms with E-state index in [1.165, 1.54) is 57.8 Å². The van der Waals surface area contributed by atoms with Crippen molar-refractivity contribution in [3.05, 3.63) is 0 Å². The van der Waals surface area contributed by atoms with Crippen molar-refractivity contribution in [2.45, 2.75) is 77.6 Å². The summed E-state index contributed by atoms with van der Waals surface area (Å²) in [5.74, 6) is 0. The van der Waals surface area contributed by atoms with Crippen LogP contribution in [0.25, 0.3) is 0 Å². The Morgan fingerprint density at radius 2 is 1.12 bits per heavy atom. The normalized spacial score (nSPS) is 10.6. The van der Waals surface area contributed by atoms with Gasteiger partial charge < -0.3 is 0 Å².